The van der Waals surface area contributed by atoms with Crippen LogP contribution >= 0.6 is 11.6 Å². The van der Waals surface area contributed by atoms with Crippen LogP contribution in [0.5, 0.6) is 0 Å². The van der Waals surface area contributed by atoms with E-state index >= 15 is 0 Å². The highest BCUT2D eigenvalue weighted by molar-refractivity contribution is 6.30. The lowest BCUT2D eigenvalue weighted by Gasteiger charge is -2.15. The molecule has 0 aliphatic rings. The van der Waals surface area contributed by atoms with E-state index in [4.69, 9.17) is 16.3 Å². The topological polar surface area (TPSA) is 68.3 Å². The molecule has 1 N–H and O–H groups in total. The second-order valence-corrected chi connectivity index (χ2v) is 6.47. The van der Waals surface area contributed by atoms with Gasteiger partial charge in [-0.15, -0.1) is 0 Å². The molecular weight excluding hydrogens is 409 g/mol. The number of esters is 1. The van der Waals surface area contributed by atoms with Crippen LogP contribution in [0.15, 0.2) is 54.9 Å². The number of halogens is 4. The molecule has 0 bridgehead atoms. The van der Waals surface area contributed by atoms with E-state index < -0.39 is 29.7 Å². The summed E-state index contributed by atoms with van der Waals surface area (Å²) in [5, 5.41) is 2.82. The van der Waals surface area contributed by atoms with E-state index in [2.05, 4.69) is 10.3 Å². The number of aromatic nitrogens is 1. The van der Waals surface area contributed by atoms with Gasteiger partial charge in [0, 0.05) is 30.0 Å². The van der Waals surface area contributed by atoms with Crippen molar-refractivity contribution in [2.24, 2.45) is 0 Å². The van der Waals surface area contributed by atoms with E-state index in [-0.39, 0.29) is 17.1 Å². The minimum absolute atomic E-state index is 0.242. The van der Waals surface area contributed by atoms with Gasteiger partial charge in [-0.25, -0.2) is 4.79 Å². The number of carbonyl (C=O) groups is 2. The molecule has 0 spiro atoms. The molecule has 0 fully saturated rings. The molecular formula is C20H18ClF3N2O3. The van der Waals surface area contributed by atoms with Crippen LogP contribution < -0.4 is 5.32 Å². The van der Waals surface area contributed by atoms with Crippen LogP contribution in [0.1, 0.15) is 18.1 Å². The summed E-state index contributed by atoms with van der Waals surface area (Å²) in [5.41, 5.74) is -0.483. The van der Waals surface area contributed by atoms with Crippen molar-refractivity contribution in [1.82, 2.24) is 10.3 Å². The van der Waals surface area contributed by atoms with E-state index in [1.165, 1.54) is 19.1 Å². The van der Waals surface area contributed by atoms with Crippen LogP contribution in [0.25, 0.3) is 5.57 Å². The molecule has 5 nitrogen and oxygen atoms in total. The van der Waals surface area contributed by atoms with Crippen molar-refractivity contribution in [3.63, 3.8) is 0 Å². The summed E-state index contributed by atoms with van der Waals surface area (Å²) < 4.78 is 44.7. The number of allylic oxidation sites excluding steroid dienone is 1. The molecule has 9 heteroatoms. The van der Waals surface area contributed by atoms with E-state index in [1.807, 2.05) is 0 Å². The maximum absolute atomic E-state index is 13.3. The number of alkyl halides is 3. The van der Waals surface area contributed by atoms with Crippen LogP contribution in [0.4, 0.5) is 13.2 Å². The number of carbonyl (C=O) groups excluding carboxylic acids is 2. The summed E-state index contributed by atoms with van der Waals surface area (Å²) in [6.45, 7) is 1.56. The number of rotatable bonds is 7. The van der Waals surface area contributed by atoms with Gasteiger partial charge in [0.15, 0.2) is 6.10 Å². The maximum Gasteiger partial charge on any atom is 0.417 e. The van der Waals surface area contributed by atoms with Gasteiger partial charge in [0.05, 0.1) is 5.57 Å². The number of hydrogen-bond donors (Lipinski definition) is 1. The van der Waals surface area contributed by atoms with Crippen LogP contribution in [-0.4, -0.2) is 35.7 Å². The Hall–Kier alpha value is -2.87. The Morgan fingerprint density at radius 3 is 2.38 bits per heavy atom. The molecule has 1 heterocycles. The number of pyridine rings is 1. The molecule has 0 aliphatic heterocycles. The summed E-state index contributed by atoms with van der Waals surface area (Å²) >= 11 is 5.68. The van der Waals surface area contributed by atoms with Gasteiger partial charge in [-0.3, -0.25) is 9.78 Å². The third kappa shape index (κ3) is 7.23. The van der Waals surface area contributed by atoms with E-state index in [9.17, 15) is 22.8 Å². The van der Waals surface area contributed by atoms with Crippen molar-refractivity contribution >= 4 is 29.1 Å². The standard InChI is InChI=1S/C20H18ClF3N2O3/c1-13(19(28)26-11-8-14-6-9-25-10-7-14)29-18(27)12-17(20(22,23)24)15-2-4-16(21)5-3-15/h2-7,9-10,12-13H,8,11H2,1H3,(H,26,28). The van der Waals surface area contributed by atoms with E-state index in [0.29, 0.717) is 12.5 Å². The lowest BCUT2D eigenvalue weighted by atomic mass is 10.1. The molecule has 1 atom stereocenters. The smallest absolute Gasteiger partial charge is 0.417 e. The molecule has 154 valence electrons. The zero-order valence-corrected chi connectivity index (χ0v) is 16.1. The number of nitrogens with one attached hydrogen (secondary N) is 1. The summed E-state index contributed by atoms with van der Waals surface area (Å²) in [7, 11) is 0. The lowest BCUT2D eigenvalue weighted by Crippen LogP contribution is -2.36. The minimum atomic E-state index is -4.79. The number of benzene rings is 1. The van der Waals surface area contributed by atoms with Crippen LogP contribution in [0.2, 0.25) is 5.02 Å². The fraction of sp³-hybridized carbons (Fsp3) is 0.250. The highest BCUT2D eigenvalue weighted by Gasteiger charge is 2.35. The fourth-order valence-corrected chi connectivity index (χ4v) is 2.49. The zero-order chi connectivity index (χ0) is 21.4. The Morgan fingerprint density at radius 1 is 1.17 bits per heavy atom. The molecule has 1 aromatic heterocycles. The average molecular weight is 427 g/mol. The van der Waals surface area contributed by atoms with Crippen molar-refractivity contribution in [3.05, 3.63) is 71.0 Å². The first-order valence-electron chi connectivity index (χ1n) is 8.59. The van der Waals surface area contributed by atoms with Gasteiger partial charge in [-0.2, -0.15) is 13.2 Å². The van der Waals surface area contributed by atoms with Gasteiger partial charge in [-0.1, -0.05) is 23.7 Å². The third-order valence-corrected chi connectivity index (χ3v) is 4.10. The van der Waals surface area contributed by atoms with Gasteiger partial charge < -0.3 is 10.1 Å². The summed E-state index contributed by atoms with van der Waals surface area (Å²) in [6.07, 6.45) is -1.95. The van der Waals surface area contributed by atoms with Crippen LogP contribution in [-0.2, 0) is 20.7 Å². The van der Waals surface area contributed by atoms with Crippen molar-refractivity contribution in [1.29, 1.82) is 0 Å². The van der Waals surface area contributed by atoms with E-state index in [1.54, 1.807) is 24.5 Å². The predicted octanol–water partition coefficient (Wildman–Crippen LogP) is 3.97. The van der Waals surface area contributed by atoms with Gasteiger partial charge in [0.1, 0.15) is 0 Å². The molecule has 0 saturated carbocycles. The van der Waals surface area contributed by atoms with Gasteiger partial charge >= 0.3 is 12.1 Å². The highest BCUT2D eigenvalue weighted by atomic mass is 35.5. The van der Waals surface area contributed by atoms with Gasteiger partial charge in [0.2, 0.25) is 0 Å². The van der Waals surface area contributed by atoms with Crippen LogP contribution in [0, 0.1) is 0 Å². The Morgan fingerprint density at radius 2 is 1.79 bits per heavy atom. The maximum atomic E-state index is 13.3. The van der Waals surface area contributed by atoms with Crippen molar-refractivity contribution < 1.29 is 27.5 Å². The third-order valence-electron chi connectivity index (χ3n) is 3.85. The SMILES string of the molecule is CC(OC(=O)C=C(c1ccc(Cl)cc1)C(F)(F)F)C(=O)NCCc1ccncc1. The molecule has 2 aromatic rings. The first kappa shape index (κ1) is 22.4. The summed E-state index contributed by atoms with van der Waals surface area (Å²) in [4.78, 5) is 27.8. The Labute approximate surface area is 170 Å². The summed E-state index contributed by atoms with van der Waals surface area (Å²) in [6, 6.07) is 8.42. The highest BCUT2D eigenvalue weighted by Crippen LogP contribution is 2.34. The number of amides is 1. The number of ether oxygens (including phenoxy) is 1. The Kier molecular flexibility index (Phi) is 7.78. The second-order valence-electron chi connectivity index (χ2n) is 6.04. The zero-order valence-electron chi connectivity index (χ0n) is 15.4. The van der Waals surface area contributed by atoms with Crippen molar-refractivity contribution in [2.75, 3.05) is 6.54 Å². The minimum Gasteiger partial charge on any atom is -0.449 e. The second kappa shape index (κ2) is 10.1. The molecule has 2 rings (SSSR count). The first-order chi connectivity index (χ1) is 13.7. The van der Waals surface area contributed by atoms with Crippen LogP contribution in [0.3, 0.4) is 0 Å². The molecule has 29 heavy (non-hydrogen) atoms. The Bertz CT molecular complexity index is 869. The van der Waals surface area contributed by atoms with Gasteiger partial charge in [0.25, 0.3) is 5.91 Å². The van der Waals surface area contributed by atoms with Gasteiger partial charge in [-0.05, 0) is 48.7 Å². The molecule has 0 aliphatic carbocycles. The Balaban J connectivity index is 1.96. The van der Waals surface area contributed by atoms with E-state index in [0.717, 1.165) is 17.7 Å². The number of nitrogens with zero attached hydrogens (tertiary/aromatic N) is 1. The molecule has 0 radical (unpaired) electrons. The van der Waals surface area contributed by atoms with Crippen molar-refractivity contribution in [3.8, 4) is 0 Å². The quantitative estimate of drug-likeness (QED) is 0.537. The predicted molar refractivity (Wildman–Crippen MR) is 102 cm³/mol. The molecule has 1 unspecified atom stereocenters. The first-order valence-corrected chi connectivity index (χ1v) is 8.96. The summed E-state index contributed by atoms with van der Waals surface area (Å²) in [5.74, 6) is -1.88. The molecule has 1 aromatic carbocycles. The monoisotopic (exact) mass is 426 g/mol. The average Bonchev–Trinajstić information content (AvgIpc) is 2.67. The normalized spacial score (nSPS) is 12.9. The lowest BCUT2D eigenvalue weighted by molar-refractivity contribution is -0.150. The molecule has 0 saturated heterocycles. The number of hydrogen-bond acceptors (Lipinski definition) is 4. The largest absolute Gasteiger partial charge is 0.449 e. The van der Waals surface area contributed by atoms with Crippen molar-refractivity contribution in [2.45, 2.75) is 25.6 Å². The molecule has 1 amide bonds. The fourth-order valence-electron chi connectivity index (χ4n) is 2.36.